The zero-order valence-electron chi connectivity index (χ0n) is 13.1. The van der Waals surface area contributed by atoms with Gasteiger partial charge in [0.15, 0.2) is 0 Å². The Kier molecular flexibility index (Phi) is 5.17. The minimum absolute atomic E-state index is 0.166. The first-order chi connectivity index (χ1) is 11.5. The molecule has 24 heavy (non-hydrogen) atoms. The van der Waals surface area contributed by atoms with Crippen LogP contribution in [0.5, 0.6) is 0 Å². The molecule has 126 valence electrons. The molecule has 3 rings (SSSR count). The molecule has 1 saturated heterocycles. The van der Waals surface area contributed by atoms with Crippen LogP contribution in [-0.2, 0) is 0 Å². The molecule has 1 aliphatic heterocycles. The summed E-state index contributed by atoms with van der Waals surface area (Å²) in [6.07, 6.45) is 1.85. The molecular formula is C18H19Cl2N3O. The van der Waals surface area contributed by atoms with Crippen LogP contribution in [0.4, 0.5) is 16.2 Å². The van der Waals surface area contributed by atoms with Gasteiger partial charge < -0.3 is 16.0 Å². The van der Waals surface area contributed by atoms with Crippen LogP contribution < -0.4 is 11.1 Å². The van der Waals surface area contributed by atoms with Crippen molar-refractivity contribution in [2.45, 2.75) is 18.8 Å². The molecule has 0 aliphatic carbocycles. The van der Waals surface area contributed by atoms with Crippen molar-refractivity contribution >= 4 is 40.6 Å². The van der Waals surface area contributed by atoms with Crippen molar-refractivity contribution in [2.75, 3.05) is 24.1 Å². The van der Waals surface area contributed by atoms with E-state index in [0.29, 0.717) is 34.7 Å². The first-order valence-electron chi connectivity index (χ1n) is 7.90. The molecule has 6 heteroatoms. The first kappa shape index (κ1) is 16.9. The highest BCUT2D eigenvalue weighted by Gasteiger charge is 2.24. The number of halogens is 2. The van der Waals surface area contributed by atoms with Gasteiger partial charge in [0.1, 0.15) is 0 Å². The molecule has 0 aromatic heterocycles. The SMILES string of the molecule is Nc1ccc(C2CCN(C(=O)Nc3c(Cl)cccc3Cl)CC2)cc1. The van der Waals surface area contributed by atoms with Crippen LogP contribution in [0.2, 0.25) is 10.0 Å². The highest BCUT2D eigenvalue weighted by Crippen LogP contribution is 2.32. The Morgan fingerprint density at radius 1 is 1.04 bits per heavy atom. The highest BCUT2D eigenvalue weighted by molar-refractivity contribution is 6.39. The van der Waals surface area contributed by atoms with E-state index in [1.165, 1.54) is 5.56 Å². The average molecular weight is 364 g/mol. The molecule has 3 N–H and O–H groups in total. The molecule has 0 radical (unpaired) electrons. The number of carbonyl (C=O) groups excluding carboxylic acids is 1. The van der Waals surface area contributed by atoms with Crippen LogP contribution in [0.3, 0.4) is 0 Å². The Labute approximate surface area is 151 Å². The zero-order valence-corrected chi connectivity index (χ0v) is 14.6. The molecule has 2 aromatic rings. The summed E-state index contributed by atoms with van der Waals surface area (Å²) in [6.45, 7) is 1.39. The molecule has 0 atom stereocenters. The number of urea groups is 1. The molecule has 4 nitrogen and oxygen atoms in total. The minimum Gasteiger partial charge on any atom is -0.399 e. The number of piperidine rings is 1. The van der Waals surface area contributed by atoms with Gasteiger partial charge in [0.05, 0.1) is 15.7 Å². The molecule has 0 spiro atoms. The average Bonchev–Trinajstić information content (AvgIpc) is 2.59. The largest absolute Gasteiger partial charge is 0.399 e. The third-order valence-corrected chi connectivity index (χ3v) is 5.01. The summed E-state index contributed by atoms with van der Waals surface area (Å²) in [4.78, 5) is 14.2. The normalized spacial score (nSPS) is 15.3. The summed E-state index contributed by atoms with van der Waals surface area (Å²) in [5.41, 5.74) is 8.24. The van der Waals surface area contributed by atoms with Crippen molar-refractivity contribution in [2.24, 2.45) is 0 Å². The van der Waals surface area contributed by atoms with E-state index in [0.717, 1.165) is 18.5 Å². The van der Waals surface area contributed by atoms with Gasteiger partial charge in [-0.1, -0.05) is 41.4 Å². The van der Waals surface area contributed by atoms with Gasteiger partial charge in [0.25, 0.3) is 0 Å². The maximum absolute atomic E-state index is 12.4. The predicted octanol–water partition coefficient (Wildman–Crippen LogP) is 4.99. The van der Waals surface area contributed by atoms with E-state index in [9.17, 15) is 4.79 Å². The molecular weight excluding hydrogens is 345 g/mol. The number of nitrogens with one attached hydrogen (secondary N) is 1. The fraction of sp³-hybridized carbons (Fsp3) is 0.278. The number of likely N-dealkylation sites (tertiary alicyclic amines) is 1. The van der Waals surface area contributed by atoms with Crippen LogP contribution in [0.25, 0.3) is 0 Å². The van der Waals surface area contributed by atoms with Crippen molar-refractivity contribution in [3.63, 3.8) is 0 Å². The Morgan fingerprint density at radius 3 is 2.21 bits per heavy atom. The predicted molar refractivity (Wildman–Crippen MR) is 99.9 cm³/mol. The first-order valence-corrected chi connectivity index (χ1v) is 8.65. The Balaban J connectivity index is 1.60. The summed E-state index contributed by atoms with van der Waals surface area (Å²) < 4.78 is 0. The van der Waals surface area contributed by atoms with Gasteiger partial charge in [-0.25, -0.2) is 4.79 Å². The summed E-state index contributed by atoms with van der Waals surface area (Å²) in [5.74, 6) is 0.457. The van der Waals surface area contributed by atoms with Crippen molar-refractivity contribution in [1.82, 2.24) is 4.90 Å². The van der Waals surface area contributed by atoms with E-state index in [1.807, 2.05) is 12.1 Å². The maximum atomic E-state index is 12.4. The summed E-state index contributed by atoms with van der Waals surface area (Å²) in [7, 11) is 0. The second-order valence-electron chi connectivity index (χ2n) is 5.95. The lowest BCUT2D eigenvalue weighted by atomic mass is 9.89. The number of nitrogen functional groups attached to an aromatic ring is 1. The Morgan fingerprint density at radius 2 is 1.62 bits per heavy atom. The van der Waals surface area contributed by atoms with Crippen LogP contribution in [0, 0.1) is 0 Å². The van der Waals surface area contributed by atoms with Gasteiger partial charge >= 0.3 is 6.03 Å². The maximum Gasteiger partial charge on any atom is 0.321 e. The fourth-order valence-corrected chi connectivity index (χ4v) is 3.48. The van der Waals surface area contributed by atoms with Crippen LogP contribution in [-0.4, -0.2) is 24.0 Å². The van der Waals surface area contributed by atoms with E-state index >= 15 is 0 Å². The fourth-order valence-electron chi connectivity index (χ4n) is 2.99. The number of rotatable bonds is 2. The van der Waals surface area contributed by atoms with Crippen LogP contribution >= 0.6 is 23.2 Å². The quantitative estimate of drug-likeness (QED) is 0.738. The molecule has 0 bridgehead atoms. The Hall–Kier alpha value is -1.91. The van der Waals surface area contributed by atoms with E-state index in [2.05, 4.69) is 17.4 Å². The van der Waals surface area contributed by atoms with E-state index in [4.69, 9.17) is 28.9 Å². The molecule has 2 amide bonds. The molecule has 1 aliphatic rings. The monoisotopic (exact) mass is 363 g/mol. The lowest BCUT2D eigenvalue weighted by Gasteiger charge is -2.32. The zero-order chi connectivity index (χ0) is 17.1. The number of benzene rings is 2. The van der Waals surface area contributed by atoms with Gasteiger partial charge in [-0.05, 0) is 48.6 Å². The summed E-state index contributed by atoms with van der Waals surface area (Å²) >= 11 is 12.2. The third kappa shape index (κ3) is 3.77. The number of amides is 2. The number of hydrogen-bond donors (Lipinski definition) is 2. The van der Waals surface area contributed by atoms with E-state index in [1.54, 1.807) is 23.1 Å². The molecule has 1 heterocycles. The summed E-state index contributed by atoms with van der Waals surface area (Å²) in [5, 5.41) is 3.69. The minimum atomic E-state index is -0.166. The second kappa shape index (κ2) is 7.32. The van der Waals surface area contributed by atoms with E-state index in [-0.39, 0.29) is 6.03 Å². The van der Waals surface area contributed by atoms with Gasteiger partial charge in [0, 0.05) is 18.8 Å². The van der Waals surface area contributed by atoms with Gasteiger partial charge in [-0.3, -0.25) is 0 Å². The standard InChI is InChI=1S/C18H19Cl2N3O/c19-15-2-1-3-16(20)17(15)22-18(24)23-10-8-13(9-11-23)12-4-6-14(21)7-5-12/h1-7,13H,8-11,21H2,(H,22,24). The number of nitrogens with two attached hydrogens (primary N) is 1. The van der Waals surface area contributed by atoms with Gasteiger partial charge in [-0.2, -0.15) is 0 Å². The van der Waals surface area contributed by atoms with Crippen molar-refractivity contribution in [1.29, 1.82) is 0 Å². The van der Waals surface area contributed by atoms with Gasteiger partial charge in [0.2, 0.25) is 0 Å². The Bertz CT molecular complexity index is 705. The second-order valence-corrected chi connectivity index (χ2v) is 6.77. The molecule has 2 aromatic carbocycles. The van der Waals surface area contributed by atoms with E-state index < -0.39 is 0 Å². The van der Waals surface area contributed by atoms with Crippen molar-refractivity contribution < 1.29 is 4.79 Å². The number of para-hydroxylation sites is 1. The van der Waals surface area contributed by atoms with Crippen LogP contribution in [0.1, 0.15) is 24.3 Å². The molecule has 0 unspecified atom stereocenters. The topological polar surface area (TPSA) is 58.4 Å². The smallest absolute Gasteiger partial charge is 0.321 e. The lowest BCUT2D eigenvalue weighted by Crippen LogP contribution is -2.40. The number of nitrogens with zero attached hydrogens (tertiary/aromatic N) is 1. The van der Waals surface area contributed by atoms with Gasteiger partial charge in [-0.15, -0.1) is 0 Å². The highest BCUT2D eigenvalue weighted by atomic mass is 35.5. The van der Waals surface area contributed by atoms with Crippen LogP contribution in [0.15, 0.2) is 42.5 Å². The third-order valence-electron chi connectivity index (χ3n) is 4.38. The summed E-state index contributed by atoms with van der Waals surface area (Å²) in [6, 6.07) is 13.0. The molecule has 0 saturated carbocycles. The number of carbonyl (C=O) groups is 1. The van der Waals surface area contributed by atoms with Crippen molar-refractivity contribution in [3.8, 4) is 0 Å². The van der Waals surface area contributed by atoms with Crippen molar-refractivity contribution in [3.05, 3.63) is 58.1 Å². The lowest BCUT2D eigenvalue weighted by molar-refractivity contribution is 0.194. The molecule has 1 fully saturated rings. The number of hydrogen-bond acceptors (Lipinski definition) is 2. The number of anilines is 2.